The summed E-state index contributed by atoms with van der Waals surface area (Å²) in [6.07, 6.45) is 1.32. The molecule has 1 aliphatic rings. The molecule has 29 heavy (non-hydrogen) atoms. The van der Waals surface area contributed by atoms with Crippen LogP contribution in [0.25, 0.3) is 6.08 Å². The summed E-state index contributed by atoms with van der Waals surface area (Å²) >= 11 is 1.48. The molecule has 1 saturated heterocycles. The summed E-state index contributed by atoms with van der Waals surface area (Å²) in [5, 5.41) is 4.66. The summed E-state index contributed by atoms with van der Waals surface area (Å²) in [4.78, 5) is 41.6. The SMILES string of the molecule is CCOC(=O)N1CCN(C(=O)/C(=C\c2cccs2)NC(=O)c2ccccc2)CC1. The minimum atomic E-state index is -0.369. The molecule has 0 atom stereocenters. The van der Waals surface area contributed by atoms with Crippen molar-refractivity contribution < 1.29 is 19.1 Å². The zero-order valence-electron chi connectivity index (χ0n) is 16.2. The van der Waals surface area contributed by atoms with Gasteiger partial charge in [0.2, 0.25) is 0 Å². The number of carbonyl (C=O) groups excluding carboxylic acids is 3. The molecule has 0 unspecified atom stereocenters. The molecule has 7 nitrogen and oxygen atoms in total. The molecule has 2 aromatic rings. The molecule has 3 amide bonds. The van der Waals surface area contributed by atoms with Gasteiger partial charge in [0.15, 0.2) is 0 Å². The molecule has 0 bridgehead atoms. The van der Waals surface area contributed by atoms with Crippen molar-refractivity contribution in [2.45, 2.75) is 6.92 Å². The number of thiophene rings is 1. The number of hydrogen-bond donors (Lipinski definition) is 1. The van der Waals surface area contributed by atoms with Crippen LogP contribution >= 0.6 is 11.3 Å². The molecule has 0 saturated carbocycles. The normalized spacial score (nSPS) is 14.4. The van der Waals surface area contributed by atoms with Crippen LogP contribution in [0.15, 0.2) is 53.5 Å². The van der Waals surface area contributed by atoms with Gasteiger partial charge in [0.05, 0.1) is 6.61 Å². The van der Waals surface area contributed by atoms with E-state index in [-0.39, 0.29) is 23.6 Å². The van der Waals surface area contributed by atoms with Gasteiger partial charge < -0.3 is 19.9 Å². The number of ether oxygens (including phenoxy) is 1. The first-order valence-electron chi connectivity index (χ1n) is 9.41. The van der Waals surface area contributed by atoms with E-state index in [1.54, 1.807) is 47.1 Å². The Morgan fingerprint density at radius 2 is 1.72 bits per heavy atom. The quantitative estimate of drug-likeness (QED) is 0.765. The molecule has 8 heteroatoms. The van der Waals surface area contributed by atoms with Crippen LogP contribution in [0.1, 0.15) is 22.2 Å². The lowest BCUT2D eigenvalue weighted by Gasteiger charge is -2.34. The van der Waals surface area contributed by atoms with Crippen LogP contribution in [0.4, 0.5) is 4.79 Å². The molecular weight excluding hydrogens is 390 g/mol. The molecule has 2 heterocycles. The first kappa shape index (κ1) is 20.6. The van der Waals surface area contributed by atoms with Crippen LogP contribution in [-0.2, 0) is 9.53 Å². The van der Waals surface area contributed by atoms with Crippen molar-refractivity contribution in [3.63, 3.8) is 0 Å². The predicted molar refractivity (Wildman–Crippen MR) is 111 cm³/mol. The molecule has 1 aromatic carbocycles. The van der Waals surface area contributed by atoms with E-state index in [1.165, 1.54) is 11.3 Å². The second-order valence-electron chi connectivity index (χ2n) is 6.37. The molecule has 1 aliphatic heterocycles. The number of rotatable bonds is 5. The Kier molecular flexibility index (Phi) is 7.02. The van der Waals surface area contributed by atoms with Crippen molar-refractivity contribution in [3.05, 3.63) is 64.0 Å². The Balaban J connectivity index is 1.72. The van der Waals surface area contributed by atoms with Crippen molar-refractivity contribution in [1.29, 1.82) is 0 Å². The minimum absolute atomic E-state index is 0.214. The van der Waals surface area contributed by atoms with E-state index in [1.807, 2.05) is 23.6 Å². The van der Waals surface area contributed by atoms with Crippen LogP contribution in [0.2, 0.25) is 0 Å². The molecule has 1 aromatic heterocycles. The Morgan fingerprint density at radius 1 is 1.03 bits per heavy atom. The lowest BCUT2D eigenvalue weighted by atomic mass is 10.2. The van der Waals surface area contributed by atoms with Crippen molar-refractivity contribution >= 4 is 35.3 Å². The monoisotopic (exact) mass is 413 g/mol. The summed E-state index contributed by atoms with van der Waals surface area (Å²) in [6.45, 7) is 3.61. The third kappa shape index (κ3) is 5.45. The summed E-state index contributed by atoms with van der Waals surface area (Å²) in [6, 6.07) is 12.5. The van der Waals surface area contributed by atoms with Crippen molar-refractivity contribution in [1.82, 2.24) is 15.1 Å². The number of nitrogens with one attached hydrogen (secondary N) is 1. The smallest absolute Gasteiger partial charge is 0.409 e. The zero-order valence-corrected chi connectivity index (χ0v) is 17.0. The Labute approximate surface area is 173 Å². The van der Waals surface area contributed by atoms with E-state index in [2.05, 4.69) is 5.32 Å². The molecule has 152 valence electrons. The van der Waals surface area contributed by atoms with E-state index >= 15 is 0 Å². The van der Waals surface area contributed by atoms with Crippen LogP contribution in [0.5, 0.6) is 0 Å². The first-order chi connectivity index (χ1) is 14.1. The largest absolute Gasteiger partial charge is 0.450 e. The maximum Gasteiger partial charge on any atom is 0.409 e. The van der Waals surface area contributed by atoms with Gasteiger partial charge in [-0.15, -0.1) is 11.3 Å². The molecule has 0 aliphatic carbocycles. The van der Waals surface area contributed by atoms with Crippen molar-refractivity contribution in [2.24, 2.45) is 0 Å². The molecule has 1 fully saturated rings. The van der Waals surface area contributed by atoms with Crippen LogP contribution < -0.4 is 5.32 Å². The van der Waals surface area contributed by atoms with E-state index in [0.717, 1.165) is 4.88 Å². The van der Waals surface area contributed by atoms with E-state index < -0.39 is 0 Å². The van der Waals surface area contributed by atoms with Crippen LogP contribution in [0, 0.1) is 0 Å². The van der Waals surface area contributed by atoms with Gasteiger partial charge in [-0.1, -0.05) is 24.3 Å². The second kappa shape index (κ2) is 9.88. The van der Waals surface area contributed by atoms with Crippen LogP contribution in [-0.4, -0.2) is 60.5 Å². The van der Waals surface area contributed by atoms with E-state index in [9.17, 15) is 14.4 Å². The lowest BCUT2D eigenvalue weighted by molar-refractivity contribution is -0.128. The zero-order chi connectivity index (χ0) is 20.6. The minimum Gasteiger partial charge on any atom is -0.450 e. The van der Waals surface area contributed by atoms with Gasteiger partial charge in [-0.25, -0.2) is 4.79 Å². The number of amides is 3. The third-order valence-corrected chi connectivity index (χ3v) is 5.26. The highest BCUT2D eigenvalue weighted by Crippen LogP contribution is 2.15. The number of piperazine rings is 1. The molecule has 1 N–H and O–H groups in total. The average Bonchev–Trinajstić information content (AvgIpc) is 3.27. The fraction of sp³-hybridized carbons (Fsp3) is 0.286. The number of benzene rings is 1. The second-order valence-corrected chi connectivity index (χ2v) is 7.35. The molecular formula is C21H23N3O4S. The van der Waals surface area contributed by atoms with E-state index in [0.29, 0.717) is 38.3 Å². The maximum atomic E-state index is 13.1. The van der Waals surface area contributed by atoms with Crippen molar-refractivity contribution in [2.75, 3.05) is 32.8 Å². The highest BCUT2D eigenvalue weighted by molar-refractivity contribution is 7.10. The van der Waals surface area contributed by atoms with Gasteiger partial charge >= 0.3 is 6.09 Å². The maximum absolute atomic E-state index is 13.1. The van der Waals surface area contributed by atoms with Crippen molar-refractivity contribution in [3.8, 4) is 0 Å². The highest BCUT2D eigenvalue weighted by Gasteiger charge is 2.27. The van der Waals surface area contributed by atoms with E-state index in [4.69, 9.17) is 4.74 Å². The van der Waals surface area contributed by atoms with Gasteiger partial charge in [-0.05, 0) is 36.6 Å². The number of carbonyl (C=O) groups is 3. The summed E-state index contributed by atoms with van der Waals surface area (Å²) in [5.74, 6) is -0.613. The van der Waals surface area contributed by atoms with Crippen LogP contribution in [0.3, 0.4) is 0 Å². The average molecular weight is 413 g/mol. The summed E-state index contributed by atoms with van der Waals surface area (Å²) < 4.78 is 5.01. The lowest BCUT2D eigenvalue weighted by Crippen LogP contribution is -2.52. The number of nitrogens with zero attached hydrogens (tertiary/aromatic N) is 2. The van der Waals surface area contributed by atoms with Gasteiger partial charge in [-0.2, -0.15) is 0 Å². The van der Waals surface area contributed by atoms with Gasteiger partial charge in [0.1, 0.15) is 5.70 Å². The Bertz CT molecular complexity index is 873. The Morgan fingerprint density at radius 3 is 2.34 bits per heavy atom. The first-order valence-corrected chi connectivity index (χ1v) is 10.3. The number of hydrogen-bond acceptors (Lipinski definition) is 5. The molecule has 0 spiro atoms. The summed E-state index contributed by atoms with van der Waals surface area (Å²) in [7, 11) is 0. The van der Waals surface area contributed by atoms with Gasteiger partial charge in [0.25, 0.3) is 11.8 Å². The standard InChI is InChI=1S/C21H23N3O4S/c1-2-28-21(27)24-12-10-23(11-13-24)20(26)18(15-17-9-6-14-29-17)22-19(25)16-7-4-3-5-8-16/h3-9,14-15H,2,10-13H2,1H3,(H,22,25)/b18-15+. The van der Waals surface area contributed by atoms with Gasteiger partial charge in [-0.3, -0.25) is 9.59 Å². The third-order valence-electron chi connectivity index (χ3n) is 4.44. The predicted octanol–water partition coefficient (Wildman–Crippen LogP) is 2.82. The highest BCUT2D eigenvalue weighted by atomic mass is 32.1. The molecule has 3 rings (SSSR count). The van der Waals surface area contributed by atoms with Gasteiger partial charge in [0, 0.05) is 36.6 Å². The molecule has 0 radical (unpaired) electrons. The fourth-order valence-corrected chi connectivity index (χ4v) is 3.59. The Hall–Kier alpha value is -3.13. The summed E-state index contributed by atoms with van der Waals surface area (Å²) in [5.41, 5.74) is 0.690. The topological polar surface area (TPSA) is 79.0 Å². The fourth-order valence-electron chi connectivity index (χ4n) is 2.93.